The Bertz CT molecular complexity index is 897. The number of benzene rings is 2. The lowest BCUT2D eigenvalue weighted by Crippen LogP contribution is -2.32. The number of hydrogen-bond acceptors (Lipinski definition) is 4. The van der Waals surface area contributed by atoms with Gasteiger partial charge in [-0.3, -0.25) is 4.79 Å². The number of carbonyl (C=O) groups is 1. The lowest BCUT2D eigenvalue weighted by molar-refractivity contribution is -0.115. The summed E-state index contributed by atoms with van der Waals surface area (Å²) < 4.78 is 36.4. The van der Waals surface area contributed by atoms with Crippen molar-refractivity contribution >= 4 is 27.1 Å². The lowest BCUT2D eigenvalue weighted by atomic mass is 10.1. The molecule has 2 aromatic rings. The maximum absolute atomic E-state index is 13.2. The van der Waals surface area contributed by atoms with Gasteiger partial charge in [-0.05, 0) is 48.4 Å². The Morgan fingerprint density at radius 1 is 1.23 bits per heavy atom. The quantitative estimate of drug-likeness (QED) is 0.871. The fourth-order valence-electron chi connectivity index (χ4n) is 3.11. The molecule has 1 heterocycles. The van der Waals surface area contributed by atoms with Gasteiger partial charge in [-0.25, -0.2) is 12.8 Å². The fraction of sp³-hybridized carbons (Fsp3) is 0.316. The molecule has 0 aromatic heterocycles. The second kappa shape index (κ2) is 7.45. The predicted octanol–water partition coefficient (Wildman–Crippen LogP) is 2.63. The summed E-state index contributed by atoms with van der Waals surface area (Å²) in [6.07, 6.45) is 0.726. The topological polar surface area (TPSA) is 66.5 Å². The molecule has 138 valence electrons. The van der Waals surface area contributed by atoms with Crippen LogP contribution in [0.1, 0.15) is 12.0 Å². The van der Waals surface area contributed by atoms with Gasteiger partial charge in [-0.2, -0.15) is 0 Å². The lowest BCUT2D eigenvalue weighted by Gasteiger charge is -2.25. The van der Waals surface area contributed by atoms with Crippen LogP contribution in [0.2, 0.25) is 0 Å². The average Bonchev–Trinajstić information content (AvgIpc) is 2.95. The molecule has 1 aliphatic heterocycles. The van der Waals surface area contributed by atoms with Crippen LogP contribution in [-0.2, 0) is 21.1 Å². The van der Waals surface area contributed by atoms with E-state index < -0.39 is 9.84 Å². The third-order valence-electron chi connectivity index (χ3n) is 4.57. The molecule has 1 fully saturated rings. The Kier molecular flexibility index (Phi) is 5.27. The van der Waals surface area contributed by atoms with Gasteiger partial charge in [0, 0.05) is 24.5 Å². The van der Waals surface area contributed by atoms with E-state index in [0.717, 1.165) is 5.69 Å². The van der Waals surface area contributed by atoms with Crippen LogP contribution in [0.5, 0.6) is 0 Å². The van der Waals surface area contributed by atoms with Crippen molar-refractivity contribution in [3.05, 3.63) is 59.9 Å². The Balaban J connectivity index is 1.60. The highest BCUT2D eigenvalue weighted by Crippen LogP contribution is 2.24. The van der Waals surface area contributed by atoms with Crippen molar-refractivity contribution in [3.8, 4) is 0 Å². The molecule has 1 atom stereocenters. The van der Waals surface area contributed by atoms with Gasteiger partial charge in [0.15, 0.2) is 9.84 Å². The highest BCUT2D eigenvalue weighted by Gasteiger charge is 2.30. The Hall–Kier alpha value is -2.41. The van der Waals surface area contributed by atoms with Crippen LogP contribution in [0.25, 0.3) is 0 Å². The first kappa shape index (κ1) is 18.4. The molecule has 0 aliphatic carbocycles. The summed E-state index contributed by atoms with van der Waals surface area (Å²) in [7, 11) is -1.05. The van der Waals surface area contributed by atoms with Gasteiger partial charge in [0.2, 0.25) is 5.91 Å². The molecule has 1 N–H and O–H groups in total. The third kappa shape index (κ3) is 4.60. The summed E-state index contributed by atoms with van der Waals surface area (Å²) in [5.74, 6) is -0.179. The van der Waals surface area contributed by atoms with Crippen LogP contribution < -0.4 is 10.2 Å². The predicted molar refractivity (Wildman–Crippen MR) is 101 cm³/mol. The Morgan fingerprint density at radius 2 is 1.96 bits per heavy atom. The summed E-state index contributed by atoms with van der Waals surface area (Å²) in [4.78, 5) is 14.0. The van der Waals surface area contributed by atoms with Crippen LogP contribution in [0, 0.1) is 5.82 Å². The van der Waals surface area contributed by atoms with Crippen molar-refractivity contribution in [1.82, 2.24) is 0 Å². The maximum Gasteiger partial charge on any atom is 0.228 e. The maximum atomic E-state index is 13.2. The summed E-state index contributed by atoms with van der Waals surface area (Å²) in [5, 5.41) is 2.78. The van der Waals surface area contributed by atoms with Crippen molar-refractivity contribution in [2.75, 3.05) is 28.8 Å². The molecule has 0 spiro atoms. The zero-order valence-electron chi connectivity index (χ0n) is 14.5. The van der Waals surface area contributed by atoms with E-state index in [1.807, 2.05) is 24.1 Å². The van der Waals surface area contributed by atoms with Crippen LogP contribution in [0.3, 0.4) is 0 Å². The third-order valence-corrected chi connectivity index (χ3v) is 6.32. The van der Waals surface area contributed by atoms with Gasteiger partial charge in [0.05, 0.1) is 17.9 Å². The van der Waals surface area contributed by atoms with Crippen LogP contribution in [0.4, 0.5) is 15.8 Å². The van der Waals surface area contributed by atoms with E-state index in [-0.39, 0.29) is 35.7 Å². The molecule has 0 saturated carbocycles. The van der Waals surface area contributed by atoms with Gasteiger partial charge in [0.1, 0.15) is 5.82 Å². The van der Waals surface area contributed by atoms with Gasteiger partial charge in [-0.15, -0.1) is 0 Å². The highest BCUT2D eigenvalue weighted by atomic mass is 32.2. The van der Waals surface area contributed by atoms with Crippen molar-refractivity contribution < 1.29 is 17.6 Å². The van der Waals surface area contributed by atoms with Crippen molar-refractivity contribution in [3.63, 3.8) is 0 Å². The second-order valence-electron chi connectivity index (χ2n) is 6.57. The number of anilines is 2. The minimum Gasteiger partial charge on any atom is -0.371 e. The normalized spacial score (nSPS) is 18.5. The Morgan fingerprint density at radius 3 is 2.58 bits per heavy atom. The molecule has 1 saturated heterocycles. The molecule has 5 nitrogen and oxygen atoms in total. The summed E-state index contributed by atoms with van der Waals surface area (Å²) in [6.45, 7) is 0. The molecule has 26 heavy (non-hydrogen) atoms. The highest BCUT2D eigenvalue weighted by molar-refractivity contribution is 7.91. The van der Waals surface area contributed by atoms with E-state index in [9.17, 15) is 17.6 Å². The minimum atomic E-state index is -2.93. The number of amides is 1. The minimum absolute atomic E-state index is 0.0200. The first-order chi connectivity index (χ1) is 12.3. The zero-order chi connectivity index (χ0) is 18.7. The van der Waals surface area contributed by atoms with Gasteiger partial charge in [0.25, 0.3) is 0 Å². The van der Waals surface area contributed by atoms with Crippen LogP contribution >= 0.6 is 0 Å². The van der Waals surface area contributed by atoms with E-state index in [2.05, 4.69) is 5.32 Å². The van der Waals surface area contributed by atoms with Gasteiger partial charge >= 0.3 is 0 Å². The number of halogens is 1. The second-order valence-corrected chi connectivity index (χ2v) is 8.80. The standard InChI is InChI=1S/C19H21FN2O3S/c1-22(18-9-10-26(24,25)13-18)17-7-5-16(6-8-17)21-19(23)12-14-3-2-4-15(20)11-14/h2-8,11,18H,9-10,12-13H2,1H3,(H,21,23). The van der Waals surface area contributed by atoms with E-state index in [1.54, 1.807) is 24.3 Å². The van der Waals surface area contributed by atoms with E-state index >= 15 is 0 Å². The summed E-state index contributed by atoms with van der Waals surface area (Å²) in [6, 6.07) is 13.2. The van der Waals surface area contributed by atoms with Crippen LogP contribution in [0.15, 0.2) is 48.5 Å². The molecular weight excluding hydrogens is 355 g/mol. The van der Waals surface area contributed by atoms with Gasteiger partial charge in [-0.1, -0.05) is 12.1 Å². The zero-order valence-corrected chi connectivity index (χ0v) is 15.3. The van der Waals surface area contributed by atoms with Crippen LogP contribution in [-0.4, -0.2) is 38.9 Å². The molecule has 7 heteroatoms. The van der Waals surface area contributed by atoms with Crippen molar-refractivity contribution in [1.29, 1.82) is 0 Å². The SMILES string of the molecule is CN(c1ccc(NC(=O)Cc2cccc(F)c2)cc1)C1CCS(=O)(=O)C1. The molecule has 1 aliphatic rings. The summed E-state index contributed by atoms with van der Waals surface area (Å²) in [5.41, 5.74) is 2.15. The fourth-order valence-corrected chi connectivity index (χ4v) is 4.88. The molecule has 1 amide bonds. The molecule has 0 bridgehead atoms. The average molecular weight is 376 g/mol. The molecule has 0 radical (unpaired) electrons. The van der Waals surface area contributed by atoms with E-state index in [4.69, 9.17) is 0 Å². The number of nitrogens with zero attached hydrogens (tertiary/aromatic N) is 1. The number of nitrogens with one attached hydrogen (secondary N) is 1. The first-order valence-electron chi connectivity index (χ1n) is 8.40. The van der Waals surface area contributed by atoms with E-state index in [0.29, 0.717) is 17.7 Å². The monoisotopic (exact) mass is 376 g/mol. The number of carbonyl (C=O) groups excluding carboxylic acids is 1. The van der Waals surface area contributed by atoms with Gasteiger partial charge < -0.3 is 10.2 Å². The molecule has 3 rings (SSSR count). The van der Waals surface area contributed by atoms with E-state index in [1.165, 1.54) is 12.1 Å². The smallest absolute Gasteiger partial charge is 0.228 e. The summed E-state index contributed by atoms with van der Waals surface area (Å²) >= 11 is 0. The molecule has 2 aromatic carbocycles. The van der Waals surface area contributed by atoms with Crippen molar-refractivity contribution in [2.45, 2.75) is 18.9 Å². The Labute approximate surface area is 152 Å². The first-order valence-corrected chi connectivity index (χ1v) is 10.2. The molecule has 1 unspecified atom stereocenters. The number of hydrogen-bond donors (Lipinski definition) is 1. The molecular formula is C19H21FN2O3S. The number of rotatable bonds is 5. The number of sulfone groups is 1. The largest absolute Gasteiger partial charge is 0.371 e. The van der Waals surface area contributed by atoms with Crippen molar-refractivity contribution in [2.24, 2.45) is 0 Å².